The molecular formula is C21H23N3O5S. The summed E-state index contributed by atoms with van der Waals surface area (Å²) in [5.41, 5.74) is 1.15. The van der Waals surface area contributed by atoms with Crippen LogP contribution in [0, 0.1) is 22.5 Å². The van der Waals surface area contributed by atoms with Crippen LogP contribution >= 0.6 is 0 Å². The van der Waals surface area contributed by atoms with Crippen LogP contribution in [0.5, 0.6) is 0 Å². The van der Waals surface area contributed by atoms with Crippen LogP contribution in [0.2, 0.25) is 0 Å². The van der Waals surface area contributed by atoms with Gasteiger partial charge in [0, 0.05) is 17.3 Å². The summed E-state index contributed by atoms with van der Waals surface area (Å²) in [5, 5.41) is 15.2. The molecule has 0 amide bonds. The molecule has 0 aliphatic heterocycles. The largest absolute Gasteiger partial charge is 0.378 e. The molecule has 3 aromatic rings. The Labute approximate surface area is 175 Å². The summed E-state index contributed by atoms with van der Waals surface area (Å²) in [6.07, 6.45) is 1.22. The van der Waals surface area contributed by atoms with Gasteiger partial charge in [0.25, 0.3) is 10.1 Å². The second-order valence-corrected chi connectivity index (χ2v) is 9.46. The van der Waals surface area contributed by atoms with E-state index in [4.69, 9.17) is 4.18 Å². The minimum Gasteiger partial charge on any atom is -0.378 e. The number of fused-ring (bicyclic) bond motifs is 1. The molecule has 0 saturated heterocycles. The van der Waals surface area contributed by atoms with Crippen molar-refractivity contribution in [3.63, 3.8) is 0 Å². The number of rotatable bonds is 8. The van der Waals surface area contributed by atoms with Gasteiger partial charge in [0.2, 0.25) is 0 Å². The summed E-state index contributed by atoms with van der Waals surface area (Å²) < 4.78 is 30.1. The second-order valence-electron chi connectivity index (χ2n) is 7.84. The highest BCUT2D eigenvalue weighted by molar-refractivity contribution is 7.86. The van der Waals surface area contributed by atoms with Gasteiger partial charge in [-0.25, -0.2) is 4.98 Å². The molecule has 0 aliphatic rings. The van der Waals surface area contributed by atoms with Crippen LogP contribution in [-0.2, 0) is 14.3 Å². The van der Waals surface area contributed by atoms with Gasteiger partial charge in [-0.05, 0) is 25.1 Å². The Kier molecular flexibility index (Phi) is 6.04. The SMILES string of the molecule is Cc1ccc(S(=O)(=O)OCC(C)(C)CNc2c([N+](=O)[O-])cnc3ccccc23)cc1. The Bertz CT molecular complexity index is 1170. The van der Waals surface area contributed by atoms with E-state index in [0.29, 0.717) is 16.6 Å². The Morgan fingerprint density at radius 3 is 2.47 bits per heavy atom. The van der Waals surface area contributed by atoms with Gasteiger partial charge in [-0.2, -0.15) is 8.42 Å². The van der Waals surface area contributed by atoms with Crippen LogP contribution in [-0.4, -0.2) is 31.5 Å². The van der Waals surface area contributed by atoms with Crippen molar-refractivity contribution in [3.05, 3.63) is 70.4 Å². The lowest BCUT2D eigenvalue weighted by Gasteiger charge is -2.25. The third kappa shape index (κ3) is 4.92. The van der Waals surface area contributed by atoms with Crippen molar-refractivity contribution >= 4 is 32.4 Å². The number of anilines is 1. The molecule has 0 radical (unpaired) electrons. The molecule has 1 aromatic heterocycles. The molecule has 0 bridgehead atoms. The summed E-state index contributed by atoms with van der Waals surface area (Å²) in [7, 11) is -3.90. The first-order valence-corrected chi connectivity index (χ1v) is 10.7. The number of benzene rings is 2. The predicted molar refractivity (Wildman–Crippen MR) is 115 cm³/mol. The van der Waals surface area contributed by atoms with E-state index in [2.05, 4.69) is 10.3 Å². The van der Waals surface area contributed by atoms with Crippen molar-refractivity contribution in [1.82, 2.24) is 4.98 Å². The number of nitrogens with one attached hydrogen (secondary N) is 1. The van der Waals surface area contributed by atoms with Gasteiger partial charge in [0.15, 0.2) is 0 Å². The summed E-state index contributed by atoms with van der Waals surface area (Å²) >= 11 is 0. The number of nitrogens with zero attached hydrogens (tertiary/aromatic N) is 2. The van der Waals surface area contributed by atoms with E-state index in [9.17, 15) is 18.5 Å². The van der Waals surface area contributed by atoms with Gasteiger partial charge in [0.1, 0.15) is 11.9 Å². The van der Waals surface area contributed by atoms with Gasteiger partial charge < -0.3 is 5.32 Å². The Morgan fingerprint density at radius 2 is 1.80 bits per heavy atom. The lowest BCUT2D eigenvalue weighted by molar-refractivity contribution is -0.384. The first-order valence-electron chi connectivity index (χ1n) is 9.31. The summed E-state index contributed by atoms with van der Waals surface area (Å²) in [5.74, 6) is 0. The molecule has 1 N–H and O–H groups in total. The molecule has 0 saturated carbocycles. The summed E-state index contributed by atoms with van der Waals surface area (Å²) in [6.45, 7) is 5.67. The normalized spacial score (nSPS) is 12.1. The molecule has 0 spiro atoms. The van der Waals surface area contributed by atoms with Crippen LogP contribution in [0.3, 0.4) is 0 Å². The Morgan fingerprint density at radius 1 is 1.13 bits per heavy atom. The van der Waals surface area contributed by atoms with Crippen LogP contribution in [0.25, 0.3) is 10.9 Å². The maximum absolute atomic E-state index is 12.4. The minimum atomic E-state index is -3.90. The van der Waals surface area contributed by atoms with E-state index in [1.807, 2.05) is 20.8 Å². The molecule has 2 aromatic carbocycles. The standard InChI is InChI=1S/C21H23N3O5S/c1-15-8-10-16(11-9-15)30(27,28)29-14-21(2,3)13-23-20-17-6-4-5-7-18(17)22-12-19(20)24(25)26/h4-12H,13-14H2,1-3H3,(H,22,23). The van der Waals surface area contributed by atoms with Crippen molar-refractivity contribution in [2.24, 2.45) is 5.41 Å². The minimum absolute atomic E-state index is 0.0903. The van der Waals surface area contributed by atoms with Crippen LogP contribution in [0.15, 0.2) is 59.6 Å². The molecule has 3 rings (SSSR count). The summed E-state index contributed by atoms with van der Waals surface area (Å²) in [6, 6.07) is 13.5. The maximum atomic E-state index is 12.4. The van der Waals surface area contributed by atoms with E-state index >= 15 is 0 Å². The zero-order valence-electron chi connectivity index (χ0n) is 17.0. The monoisotopic (exact) mass is 429 g/mol. The van der Waals surface area contributed by atoms with E-state index in [1.165, 1.54) is 18.3 Å². The molecule has 8 nitrogen and oxygen atoms in total. The smallest absolute Gasteiger partial charge is 0.311 e. The van der Waals surface area contributed by atoms with Crippen LogP contribution in [0.1, 0.15) is 19.4 Å². The maximum Gasteiger partial charge on any atom is 0.311 e. The van der Waals surface area contributed by atoms with Gasteiger partial charge >= 0.3 is 5.69 Å². The van der Waals surface area contributed by atoms with Gasteiger partial charge in [0.05, 0.1) is 21.9 Å². The molecule has 0 fully saturated rings. The predicted octanol–water partition coefficient (Wildman–Crippen LogP) is 4.30. The van der Waals surface area contributed by atoms with Gasteiger partial charge in [-0.15, -0.1) is 0 Å². The molecule has 1 heterocycles. The molecule has 0 aliphatic carbocycles. The Balaban J connectivity index is 1.76. The number of aryl methyl sites for hydroxylation is 1. The lowest BCUT2D eigenvalue weighted by Crippen LogP contribution is -2.30. The zero-order valence-corrected chi connectivity index (χ0v) is 17.8. The number of hydrogen-bond donors (Lipinski definition) is 1. The fourth-order valence-corrected chi connectivity index (χ4v) is 3.92. The van der Waals surface area contributed by atoms with Crippen LogP contribution < -0.4 is 5.32 Å². The highest BCUT2D eigenvalue weighted by atomic mass is 32.2. The average Bonchev–Trinajstić information content (AvgIpc) is 2.71. The van der Waals surface area contributed by atoms with Crippen molar-refractivity contribution in [2.45, 2.75) is 25.7 Å². The fourth-order valence-electron chi connectivity index (χ4n) is 2.84. The zero-order chi connectivity index (χ0) is 21.9. The van der Waals surface area contributed by atoms with Crippen molar-refractivity contribution in [2.75, 3.05) is 18.5 Å². The fraction of sp³-hybridized carbons (Fsp3) is 0.286. The molecule has 0 atom stereocenters. The number of pyridine rings is 1. The van der Waals surface area contributed by atoms with Crippen molar-refractivity contribution in [1.29, 1.82) is 0 Å². The van der Waals surface area contributed by atoms with Gasteiger partial charge in [-0.3, -0.25) is 14.3 Å². The number of hydrogen-bond acceptors (Lipinski definition) is 7. The number of nitro groups is 1. The van der Waals surface area contributed by atoms with Crippen molar-refractivity contribution in [3.8, 4) is 0 Å². The second kappa shape index (κ2) is 8.37. The lowest BCUT2D eigenvalue weighted by atomic mass is 9.95. The highest BCUT2D eigenvalue weighted by Crippen LogP contribution is 2.32. The summed E-state index contributed by atoms with van der Waals surface area (Å²) in [4.78, 5) is 15.2. The van der Waals surface area contributed by atoms with E-state index in [0.717, 1.165) is 5.56 Å². The van der Waals surface area contributed by atoms with Crippen molar-refractivity contribution < 1.29 is 17.5 Å². The van der Waals surface area contributed by atoms with E-state index < -0.39 is 20.5 Å². The molecule has 0 unspecified atom stereocenters. The Hall–Kier alpha value is -3.04. The van der Waals surface area contributed by atoms with E-state index in [-0.39, 0.29) is 23.7 Å². The topological polar surface area (TPSA) is 111 Å². The average molecular weight is 429 g/mol. The molecule has 9 heteroatoms. The van der Waals surface area contributed by atoms with Gasteiger partial charge in [-0.1, -0.05) is 49.7 Å². The quantitative estimate of drug-likeness (QED) is 0.323. The molecular weight excluding hydrogens is 406 g/mol. The third-order valence-electron chi connectivity index (χ3n) is 4.61. The first kappa shape index (κ1) is 21.7. The number of aromatic nitrogens is 1. The first-order chi connectivity index (χ1) is 14.1. The molecule has 158 valence electrons. The molecule has 30 heavy (non-hydrogen) atoms. The van der Waals surface area contributed by atoms with E-state index in [1.54, 1.807) is 36.4 Å². The highest BCUT2D eigenvalue weighted by Gasteiger charge is 2.26. The third-order valence-corrected chi connectivity index (χ3v) is 5.89. The van der Waals surface area contributed by atoms with Crippen LogP contribution in [0.4, 0.5) is 11.4 Å². The number of para-hydroxylation sites is 1.